The third-order valence-corrected chi connectivity index (χ3v) is 6.09. The Labute approximate surface area is 185 Å². The van der Waals surface area contributed by atoms with E-state index in [-0.39, 0.29) is 37.0 Å². The Bertz CT molecular complexity index is 1010. The Kier molecular flexibility index (Phi) is 5.57. The molecule has 3 heterocycles. The molecule has 2 saturated heterocycles. The molecule has 2 aromatic carbocycles. The lowest BCUT2D eigenvalue weighted by molar-refractivity contribution is -0.117. The Balaban J connectivity index is 1.10. The molecule has 0 bridgehead atoms. The molecule has 3 aliphatic rings. The highest BCUT2D eigenvalue weighted by Crippen LogP contribution is 2.32. The number of halogens is 1. The van der Waals surface area contributed by atoms with Crippen molar-refractivity contribution in [1.29, 1.82) is 0 Å². The van der Waals surface area contributed by atoms with Crippen LogP contribution in [0.1, 0.15) is 12.0 Å². The molecule has 3 aliphatic heterocycles. The second-order valence-corrected chi connectivity index (χ2v) is 8.28. The van der Waals surface area contributed by atoms with Crippen LogP contribution in [0.4, 0.5) is 14.9 Å². The zero-order valence-electron chi connectivity index (χ0n) is 17.6. The van der Waals surface area contributed by atoms with Gasteiger partial charge in [-0.25, -0.2) is 9.18 Å². The van der Waals surface area contributed by atoms with Crippen LogP contribution in [0.25, 0.3) is 0 Å². The van der Waals surface area contributed by atoms with Gasteiger partial charge >= 0.3 is 6.03 Å². The van der Waals surface area contributed by atoms with Crippen molar-refractivity contribution in [2.24, 2.45) is 0 Å². The normalized spacial score (nSPS) is 20.7. The van der Waals surface area contributed by atoms with E-state index in [2.05, 4.69) is 10.2 Å². The van der Waals surface area contributed by atoms with E-state index >= 15 is 0 Å². The van der Waals surface area contributed by atoms with Gasteiger partial charge in [0.05, 0.1) is 6.04 Å². The van der Waals surface area contributed by atoms with Crippen LogP contribution in [0.15, 0.2) is 42.5 Å². The van der Waals surface area contributed by atoms with Gasteiger partial charge in [0.1, 0.15) is 5.82 Å². The molecule has 0 saturated carbocycles. The van der Waals surface area contributed by atoms with Crippen LogP contribution >= 0.6 is 0 Å². The summed E-state index contributed by atoms with van der Waals surface area (Å²) >= 11 is 0. The number of benzene rings is 2. The number of fused-ring (bicyclic) bond motifs is 1. The fraction of sp³-hybridized carbons (Fsp3) is 0.391. The van der Waals surface area contributed by atoms with Crippen molar-refractivity contribution in [2.75, 3.05) is 44.4 Å². The molecule has 1 N–H and O–H groups in total. The monoisotopic (exact) mass is 440 g/mol. The molecule has 2 aromatic rings. The van der Waals surface area contributed by atoms with Crippen molar-refractivity contribution in [3.63, 3.8) is 0 Å². The van der Waals surface area contributed by atoms with Gasteiger partial charge in [-0.05, 0) is 42.0 Å². The molecule has 0 radical (unpaired) electrons. The van der Waals surface area contributed by atoms with E-state index in [9.17, 15) is 14.0 Å². The molecule has 0 unspecified atom stereocenters. The molecule has 1 atom stereocenters. The number of nitrogens with one attached hydrogen (secondary N) is 1. The Morgan fingerprint density at radius 3 is 2.56 bits per heavy atom. The predicted octanol–water partition coefficient (Wildman–Crippen LogP) is 2.19. The van der Waals surface area contributed by atoms with Crippen LogP contribution in [0.2, 0.25) is 0 Å². The van der Waals surface area contributed by atoms with Gasteiger partial charge in [0.15, 0.2) is 11.5 Å². The fourth-order valence-electron chi connectivity index (χ4n) is 4.35. The van der Waals surface area contributed by atoms with Crippen LogP contribution in [0, 0.1) is 5.82 Å². The summed E-state index contributed by atoms with van der Waals surface area (Å²) in [5.41, 5.74) is 1.79. The minimum atomic E-state index is -0.345. The number of amides is 3. The summed E-state index contributed by atoms with van der Waals surface area (Å²) in [6.07, 6.45) is 0.243. The summed E-state index contributed by atoms with van der Waals surface area (Å²) in [6, 6.07) is 11.4. The maximum Gasteiger partial charge on any atom is 0.317 e. The molecule has 0 spiro atoms. The summed E-state index contributed by atoms with van der Waals surface area (Å²) in [4.78, 5) is 30.8. The number of carbonyl (C=O) groups is 2. The molecule has 9 heteroatoms. The van der Waals surface area contributed by atoms with Crippen LogP contribution < -0.4 is 19.7 Å². The second-order valence-electron chi connectivity index (χ2n) is 8.28. The van der Waals surface area contributed by atoms with Crippen molar-refractivity contribution in [1.82, 2.24) is 15.1 Å². The number of hydrogen-bond acceptors (Lipinski definition) is 5. The minimum absolute atomic E-state index is 0.0737. The van der Waals surface area contributed by atoms with Gasteiger partial charge in [0.25, 0.3) is 0 Å². The van der Waals surface area contributed by atoms with Gasteiger partial charge in [-0.3, -0.25) is 9.69 Å². The first kappa shape index (κ1) is 20.6. The lowest BCUT2D eigenvalue weighted by Crippen LogP contribution is -2.53. The first-order chi connectivity index (χ1) is 15.5. The first-order valence-corrected chi connectivity index (χ1v) is 10.8. The van der Waals surface area contributed by atoms with E-state index in [1.54, 1.807) is 21.9 Å². The summed E-state index contributed by atoms with van der Waals surface area (Å²) in [6.45, 7) is 4.23. The van der Waals surface area contributed by atoms with Gasteiger partial charge < -0.3 is 24.6 Å². The molecule has 0 aromatic heterocycles. The predicted molar refractivity (Wildman–Crippen MR) is 115 cm³/mol. The molecular formula is C23H25FN4O4. The number of piperazine rings is 1. The molecular weight excluding hydrogens is 415 g/mol. The second kappa shape index (κ2) is 8.66. The quantitative estimate of drug-likeness (QED) is 0.789. The van der Waals surface area contributed by atoms with Gasteiger partial charge in [-0.1, -0.05) is 6.07 Å². The van der Waals surface area contributed by atoms with Crippen molar-refractivity contribution in [3.05, 3.63) is 53.8 Å². The lowest BCUT2D eigenvalue weighted by atomic mass is 10.1. The van der Waals surface area contributed by atoms with Gasteiger partial charge in [0, 0.05) is 51.4 Å². The number of carbonyl (C=O) groups excluding carboxylic acids is 2. The van der Waals surface area contributed by atoms with Crippen molar-refractivity contribution in [3.8, 4) is 11.5 Å². The fourth-order valence-corrected chi connectivity index (χ4v) is 4.35. The number of hydrogen-bond donors (Lipinski definition) is 1. The molecule has 8 nitrogen and oxygen atoms in total. The average molecular weight is 440 g/mol. The highest BCUT2D eigenvalue weighted by molar-refractivity contribution is 5.96. The van der Waals surface area contributed by atoms with Gasteiger partial charge in [-0.15, -0.1) is 0 Å². The van der Waals surface area contributed by atoms with Crippen molar-refractivity contribution >= 4 is 17.6 Å². The van der Waals surface area contributed by atoms with E-state index in [4.69, 9.17) is 9.47 Å². The number of nitrogens with zero attached hydrogens (tertiary/aromatic N) is 3. The number of ether oxygens (including phenoxy) is 2. The van der Waals surface area contributed by atoms with Crippen LogP contribution in [-0.4, -0.2) is 67.3 Å². The van der Waals surface area contributed by atoms with E-state index in [0.717, 1.165) is 36.7 Å². The summed E-state index contributed by atoms with van der Waals surface area (Å²) in [5, 5.41) is 2.98. The Hall–Kier alpha value is -3.33. The highest BCUT2D eigenvalue weighted by atomic mass is 19.1. The molecule has 168 valence electrons. The summed E-state index contributed by atoms with van der Waals surface area (Å²) in [5.74, 6) is 1.14. The highest BCUT2D eigenvalue weighted by Gasteiger charge is 2.33. The third-order valence-electron chi connectivity index (χ3n) is 6.09. The van der Waals surface area contributed by atoms with Gasteiger partial charge in [-0.2, -0.15) is 0 Å². The minimum Gasteiger partial charge on any atom is -0.454 e. The Morgan fingerprint density at radius 1 is 1.03 bits per heavy atom. The van der Waals surface area contributed by atoms with E-state index < -0.39 is 0 Å². The van der Waals surface area contributed by atoms with Crippen LogP contribution in [0.5, 0.6) is 11.5 Å². The standard InChI is InChI=1S/C23H25FN4O4/c24-17-2-4-19(5-3-17)28-14-18(12-22(28)29)25-23(30)27-9-7-26(8-10-27)13-16-1-6-20-21(11-16)32-15-31-20/h1-6,11,18H,7-10,12-15H2,(H,25,30)/t18-/m0/s1. The van der Waals surface area contributed by atoms with Gasteiger partial charge in [0.2, 0.25) is 12.7 Å². The number of anilines is 1. The summed E-state index contributed by atoms with van der Waals surface area (Å²) in [7, 11) is 0. The molecule has 2 fully saturated rings. The molecule has 3 amide bonds. The van der Waals surface area contributed by atoms with Crippen LogP contribution in [-0.2, 0) is 11.3 Å². The average Bonchev–Trinajstić information content (AvgIpc) is 3.40. The Morgan fingerprint density at radius 2 is 1.78 bits per heavy atom. The largest absolute Gasteiger partial charge is 0.454 e. The van der Waals surface area contributed by atoms with E-state index in [0.29, 0.717) is 25.3 Å². The van der Waals surface area contributed by atoms with E-state index in [1.807, 2.05) is 18.2 Å². The number of rotatable bonds is 4. The van der Waals surface area contributed by atoms with E-state index in [1.165, 1.54) is 12.1 Å². The molecule has 0 aliphatic carbocycles. The SMILES string of the molecule is O=C(N[C@H]1CC(=O)N(c2ccc(F)cc2)C1)N1CCN(Cc2ccc3c(c2)OCO3)CC1. The van der Waals surface area contributed by atoms with Crippen molar-refractivity contribution in [2.45, 2.75) is 19.0 Å². The number of urea groups is 1. The lowest BCUT2D eigenvalue weighted by Gasteiger charge is -2.35. The zero-order chi connectivity index (χ0) is 22.1. The van der Waals surface area contributed by atoms with Crippen LogP contribution in [0.3, 0.4) is 0 Å². The maximum atomic E-state index is 13.1. The smallest absolute Gasteiger partial charge is 0.317 e. The maximum absolute atomic E-state index is 13.1. The summed E-state index contributed by atoms with van der Waals surface area (Å²) < 4.78 is 23.9. The third kappa shape index (κ3) is 4.34. The topological polar surface area (TPSA) is 74.4 Å². The molecule has 32 heavy (non-hydrogen) atoms. The molecule has 5 rings (SSSR count). The first-order valence-electron chi connectivity index (χ1n) is 10.8. The van der Waals surface area contributed by atoms with Crippen molar-refractivity contribution < 1.29 is 23.5 Å². The zero-order valence-corrected chi connectivity index (χ0v) is 17.6.